The largest absolute Gasteiger partial charge is 0.330 e. The van der Waals surface area contributed by atoms with Gasteiger partial charge in [-0.15, -0.1) is 11.3 Å². The Hall–Kier alpha value is -0.410. The van der Waals surface area contributed by atoms with E-state index in [4.69, 9.17) is 5.73 Å². The van der Waals surface area contributed by atoms with E-state index in [1.807, 2.05) is 6.92 Å². The fourth-order valence-electron chi connectivity index (χ4n) is 0.878. The summed E-state index contributed by atoms with van der Waals surface area (Å²) in [6.45, 7) is 4.92. The normalized spacial score (nSPS) is 13.4. The summed E-state index contributed by atoms with van der Waals surface area (Å²) in [6, 6.07) is 0. The van der Waals surface area contributed by atoms with Gasteiger partial charge in [-0.2, -0.15) is 0 Å². The smallest absolute Gasteiger partial charge is 0.0931 e. The van der Waals surface area contributed by atoms with E-state index in [0.29, 0.717) is 5.92 Å². The Bertz CT molecular complexity index is 220. The molecule has 0 saturated heterocycles. The zero-order valence-corrected chi connectivity index (χ0v) is 7.82. The van der Waals surface area contributed by atoms with Gasteiger partial charge in [0, 0.05) is 17.5 Å². The van der Waals surface area contributed by atoms with E-state index in [2.05, 4.69) is 17.3 Å². The molecule has 11 heavy (non-hydrogen) atoms. The maximum atomic E-state index is 5.50. The van der Waals surface area contributed by atoms with Gasteiger partial charge < -0.3 is 5.73 Å². The predicted octanol–water partition coefficient (Wildman–Crippen LogP) is 1.59. The molecule has 1 unspecified atom stereocenters. The second-order valence-corrected chi connectivity index (χ2v) is 3.87. The Morgan fingerprint density at radius 1 is 1.73 bits per heavy atom. The van der Waals surface area contributed by atoms with Crippen LogP contribution in [0.3, 0.4) is 0 Å². The molecule has 1 aromatic heterocycles. The molecule has 0 bridgehead atoms. The summed E-state index contributed by atoms with van der Waals surface area (Å²) < 4.78 is 0. The highest BCUT2D eigenvalue weighted by atomic mass is 32.1. The van der Waals surface area contributed by atoms with Gasteiger partial charge in [0.25, 0.3) is 0 Å². The lowest BCUT2D eigenvalue weighted by molar-refractivity contribution is 0.590. The number of rotatable bonds is 3. The van der Waals surface area contributed by atoms with Gasteiger partial charge in [-0.25, -0.2) is 4.98 Å². The Kier molecular flexibility index (Phi) is 3.02. The van der Waals surface area contributed by atoms with Crippen LogP contribution in [-0.2, 0) is 6.42 Å². The number of hydrogen-bond acceptors (Lipinski definition) is 3. The van der Waals surface area contributed by atoms with E-state index >= 15 is 0 Å². The highest BCUT2D eigenvalue weighted by Crippen LogP contribution is 2.12. The molecule has 0 amide bonds. The number of aromatic nitrogens is 1. The molecule has 2 nitrogen and oxygen atoms in total. The average Bonchev–Trinajstić information content (AvgIpc) is 2.35. The minimum absolute atomic E-state index is 0.556. The molecule has 0 radical (unpaired) electrons. The molecule has 1 atom stereocenters. The Morgan fingerprint density at radius 3 is 2.91 bits per heavy atom. The lowest BCUT2D eigenvalue weighted by Gasteiger charge is -2.03. The second-order valence-electron chi connectivity index (χ2n) is 2.93. The highest BCUT2D eigenvalue weighted by molar-refractivity contribution is 7.09. The summed E-state index contributed by atoms with van der Waals surface area (Å²) in [7, 11) is 0. The van der Waals surface area contributed by atoms with Crippen LogP contribution in [0, 0.1) is 12.8 Å². The molecule has 0 aliphatic carbocycles. The zero-order valence-electron chi connectivity index (χ0n) is 7.00. The van der Waals surface area contributed by atoms with Crippen LogP contribution in [0.5, 0.6) is 0 Å². The summed E-state index contributed by atoms with van der Waals surface area (Å²) in [5, 5.41) is 3.29. The molecule has 0 aliphatic heterocycles. The van der Waals surface area contributed by atoms with E-state index in [1.165, 1.54) is 5.01 Å². The molecule has 1 rings (SSSR count). The summed E-state index contributed by atoms with van der Waals surface area (Å²) in [6.07, 6.45) is 1.02. The lowest BCUT2D eigenvalue weighted by atomic mass is 10.1. The third-order valence-corrected chi connectivity index (χ3v) is 2.58. The number of nitrogens with zero attached hydrogens (tertiary/aromatic N) is 1. The fraction of sp³-hybridized carbons (Fsp3) is 0.625. The first-order valence-corrected chi connectivity index (χ1v) is 4.71. The molecule has 2 N–H and O–H groups in total. The van der Waals surface area contributed by atoms with Gasteiger partial charge in [0.05, 0.1) is 5.01 Å². The third-order valence-electron chi connectivity index (χ3n) is 1.59. The quantitative estimate of drug-likeness (QED) is 0.748. The average molecular weight is 170 g/mol. The van der Waals surface area contributed by atoms with Crippen molar-refractivity contribution in [3.8, 4) is 0 Å². The molecule has 1 heterocycles. The highest BCUT2D eigenvalue weighted by Gasteiger charge is 2.03. The van der Waals surface area contributed by atoms with Crippen molar-refractivity contribution in [2.45, 2.75) is 20.3 Å². The molecule has 0 saturated carbocycles. The standard InChI is InChI=1S/C8H14N2S/c1-6(4-9)3-8-10-7(2)5-11-8/h5-6H,3-4,9H2,1-2H3. The predicted molar refractivity (Wildman–Crippen MR) is 48.8 cm³/mol. The van der Waals surface area contributed by atoms with E-state index in [0.717, 1.165) is 18.7 Å². The van der Waals surface area contributed by atoms with Crippen molar-refractivity contribution in [3.05, 3.63) is 16.1 Å². The Balaban J connectivity index is 2.50. The SMILES string of the molecule is Cc1csc(CC(C)CN)n1. The van der Waals surface area contributed by atoms with Crippen LogP contribution in [0.25, 0.3) is 0 Å². The van der Waals surface area contributed by atoms with Gasteiger partial charge in [0.2, 0.25) is 0 Å². The summed E-state index contributed by atoms with van der Waals surface area (Å²) in [5.74, 6) is 0.556. The maximum Gasteiger partial charge on any atom is 0.0931 e. The summed E-state index contributed by atoms with van der Waals surface area (Å²) >= 11 is 1.73. The van der Waals surface area contributed by atoms with Crippen LogP contribution in [0.4, 0.5) is 0 Å². The Morgan fingerprint density at radius 2 is 2.45 bits per heavy atom. The number of hydrogen-bond donors (Lipinski definition) is 1. The lowest BCUT2D eigenvalue weighted by Crippen LogP contribution is -2.12. The van der Waals surface area contributed by atoms with Gasteiger partial charge >= 0.3 is 0 Å². The molecular formula is C8H14N2S. The van der Waals surface area contributed by atoms with Crippen molar-refractivity contribution >= 4 is 11.3 Å². The third kappa shape index (κ3) is 2.60. The van der Waals surface area contributed by atoms with Crippen molar-refractivity contribution < 1.29 is 0 Å². The first-order valence-electron chi connectivity index (χ1n) is 3.83. The van der Waals surface area contributed by atoms with Crippen LogP contribution in [0.1, 0.15) is 17.6 Å². The van der Waals surface area contributed by atoms with Gasteiger partial charge in [-0.3, -0.25) is 0 Å². The van der Waals surface area contributed by atoms with Crippen molar-refractivity contribution in [2.75, 3.05) is 6.54 Å². The second kappa shape index (κ2) is 3.83. The molecule has 0 aliphatic rings. The van der Waals surface area contributed by atoms with Gasteiger partial charge in [-0.05, 0) is 19.4 Å². The molecule has 0 spiro atoms. The summed E-state index contributed by atoms with van der Waals surface area (Å²) in [4.78, 5) is 4.36. The molecule has 1 aromatic rings. The minimum Gasteiger partial charge on any atom is -0.330 e. The van der Waals surface area contributed by atoms with E-state index in [1.54, 1.807) is 11.3 Å². The molecular weight excluding hydrogens is 156 g/mol. The van der Waals surface area contributed by atoms with Crippen LogP contribution in [-0.4, -0.2) is 11.5 Å². The fourth-order valence-corrected chi connectivity index (χ4v) is 1.81. The molecule has 0 fully saturated rings. The van der Waals surface area contributed by atoms with Gasteiger partial charge in [0.15, 0.2) is 0 Å². The zero-order chi connectivity index (χ0) is 8.27. The van der Waals surface area contributed by atoms with Crippen LogP contribution in [0.2, 0.25) is 0 Å². The van der Waals surface area contributed by atoms with Gasteiger partial charge in [0.1, 0.15) is 0 Å². The topological polar surface area (TPSA) is 38.9 Å². The first-order chi connectivity index (χ1) is 5.22. The van der Waals surface area contributed by atoms with Crippen molar-refractivity contribution in [1.82, 2.24) is 4.98 Å². The van der Waals surface area contributed by atoms with Crippen molar-refractivity contribution in [1.29, 1.82) is 0 Å². The minimum atomic E-state index is 0.556. The van der Waals surface area contributed by atoms with Crippen LogP contribution >= 0.6 is 11.3 Å². The Labute approximate surface area is 71.5 Å². The number of nitrogens with two attached hydrogens (primary N) is 1. The van der Waals surface area contributed by atoms with Crippen molar-refractivity contribution in [3.63, 3.8) is 0 Å². The summed E-state index contributed by atoms with van der Waals surface area (Å²) in [5.41, 5.74) is 6.62. The van der Waals surface area contributed by atoms with E-state index < -0.39 is 0 Å². The molecule has 3 heteroatoms. The van der Waals surface area contributed by atoms with E-state index in [-0.39, 0.29) is 0 Å². The van der Waals surface area contributed by atoms with Gasteiger partial charge in [-0.1, -0.05) is 6.92 Å². The van der Waals surface area contributed by atoms with Crippen LogP contribution < -0.4 is 5.73 Å². The number of thiazole rings is 1. The molecule has 62 valence electrons. The van der Waals surface area contributed by atoms with Crippen LogP contribution in [0.15, 0.2) is 5.38 Å². The maximum absolute atomic E-state index is 5.50. The number of aryl methyl sites for hydroxylation is 1. The monoisotopic (exact) mass is 170 g/mol. The molecule has 0 aromatic carbocycles. The first kappa shape index (κ1) is 8.68. The van der Waals surface area contributed by atoms with E-state index in [9.17, 15) is 0 Å². The van der Waals surface area contributed by atoms with Crippen molar-refractivity contribution in [2.24, 2.45) is 11.7 Å².